The van der Waals surface area contributed by atoms with Crippen molar-refractivity contribution in [2.45, 2.75) is 52.0 Å². The number of hydrogen-bond acceptors (Lipinski definition) is 4. The van der Waals surface area contributed by atoms with E-state index in [0.29, 0.717) is 12.6 Å². The molecule has 0 aliphatic heterocycles. The Morgan fingerprint density at radius 2 is 1.76 bits per heavy atom. The van der Waals surface area contributed by atoms with Crippen LogP contribution in [0.25, 0.3) is 0 Å². The zero-order valence-electron chi connectivity index (χ0n) is 11.5. The third-order valence-corrected chi connectivity index (χ3v) is 5.38. The minimum Gasteiger partial charge on any atom is -0.313 e. The Hall–Kier alpha value is 0.220. The topological polar surface area (TPSA) is 58.2 Å². The van der Waals surface area contributed by atoms with Crippen molar-refractivity contribution < 1.29 is 8.42 Å². The van der Waals surface area contributed by atoms with E-state index in [9.17, 15) is 8.42 Å². The molecule has 0 aromatic heterocycles. The van der Waals surface area contributed by atoms with Crippen LogP contribution in [0.3, 0.4) is 0 Å². The number of rotatable bonds is 9. The molecule has 2 atom stereocenters. The molecule has 6 heteroatoms. The predicted octanol–water partition coefficient (Wildman–Crippen LogP) is 1.43. The Labute approximate surface area is 110 Å². The van der Waals surface area contributed by atoms with Gasteiger partial charge in [0.1, 0.15) is 0 Å². The Balaban J connectivity index is 4.17. The summed E-state index contributed by atoms with van der Waals surface area (Å²) in [6.45, 7) is 10.2. The van der Waals surface area contributed by atoms with Crippen molar-refractivity contribution in [2.75, 3.05) is 18.1 Å². The van der Waals surface area contributed by atoms with Gasteiger partial charge in [0.15, 0.2) is 0 Å². The van der Waals surface area contributed by atoms with Crippen LogP contribution in [0.2, 0.25) is 0 Å². The van der Waals surface area contributed by atoms with Gasteiger partial charge >= 0.3 is 0 Å². The van der Waals surface area contributed by atoms with Crippen molar-refractivity contribution in [1.82, 2.24) is 10.0 Å². The Morgan fingerprint density at radius 3 is 2.24 bits per heavy atom. The molecule has 0 radical (unpaired) electrons. The molecule has 0 aromatic rings. The summed E-state index contributed by atoms with van der Waals surface area (Å²) in [5.41, 5.74) is 0. The average Bonchev–Trinajstić information content (AvgIpc) is 2.22. The zero-order chi connectivity index (χ0) is 13.5. The van der Waals surface area contributed by atoms with Crippen LogP contribution in [0.15, 0.2) is 0 Å². The van der Waals surface area contributed by atoms with Crippen LogP contribution in [-0.2, 0) is 10.0 Å². The molecule has 2 unspecified atom stereocenters. The van der Waals surface area contributed by atoms with Crippen LogP contribution in [0.5, 0.6) is 0 Å². The summed E-state index contributed by atoms with van der Waals surface area (Å²) in [5, 5.41) is 2.74. The normalized spacial score (nSPS) is 16.1. The molecular formula is C11H26N2O2S2. The summed E-state index contributed by atoms with van der Waals surface area (Å²) in [6, 6.07) is 0.298. The van der Waals surface area contributed by atoms with Crippen molar-refractivity contribution in [3.63, 3.8) is 0 Å². The van der Waals surface area contributed by atoms with Gasteiger partial charge in [-0.15, -0.1) is 0 Å². The fourth-order valence-corrected chi connectivity index (χ4v) is 3.21. The SMILES string of the molecule is CCSCC(C)NS(=O)(=O)C(C)CNC(C)C. The molecule has 104 valence electrons. The predicted molar refractivity (Wildman–Crippen MR) is 77.1 cm³/mol. The van der Waals surface area contributed by atoms with Gasteiger partial charge < -0.3 is 5.32 Å². The summed E-state index contributed by atoms with van der Waals surface area (Å²) >= 11 is 1.74. The number of hydrogen-bond donors (Lipinski definition) is 2. The minimum absolute atomic E-state index is 0.00792. The highest BCUT2D eigenvalue weighted by molar-refractivity contribution is 7.99. The quantitative estimate of drug-likeness (QED) is 0.672. The Kier molecular flexibility index (Phi) is 8.45. The summed E-state index contributed by atoms with van der Waals surface area (Å²) in [5.74, 6) is 1.83. The number of thioether (sulfide) groups is 1. The monoisotopic (exact) mass is 282 g/mol. The first kappa shape index (κ1) is 17.2. The van der Waals surface area contributed by atoms with Crippen LogP contribution in [0.4, 0.5) is 0 Å². The third-order valence-electron chi connectivity index (χ3n) is 2.28. The zero-order valence-corrected chi connectivity index (χ0v) is 13.1. The lowest BCUT2D eigenvalue weighted by Gasteiger charge is -2.19. The molecule has 0 spiro atoms. The van der Waals surface area contributed by atoms with Gasteiger partial charge in [-0.2, -0.15) is 11.8 Å². The Morgan fingerprint density at radius 1 is 1.18 bits per heavy atom. The first-order valence-electron chi connectivity index (χ1n) is 6.11. The van der Waals surface area contributed by atoms with Gasteiger partial charge in [0.2, 0.25) is 10.0 Å². The summed E-state index contributed by atoms with van der Waals surface area (Å²) in [7, 11) is -3.21. The van der Waals surface area contributed by atoms with Crippen molar-refractivity contribution in [3.05, 3.63) is 0 Å². The first-order chi connectivity index (χ1) is 7.79. The number of nitrogens with one attached hydrogen (secondary N) is 2. The smallest absolute Gasteiger partial charge is 0.215 e. The molecule has 0 aliphatic carbocycles. The summed E-state index contributed by atoms with van der Waals surface area (Å²) in [4.78, 5) is 0. The molecule has 0 rings (SSSR count). The average molecular weight is 282 g/mol. The van der Waals surface area contributed by atoms with Crippen molar-refractivity contribution >= 4 is 21.8 Å². The van der Waals surface area contributed by atoms with Crippen LogP contribution in [0.1, 0.15) is 34.6 Å². The molecule has 0 fully saturated rings. The second-order valence-corrected chi connectivity index (χ2v) is 8.05. The van der Waals surface area contributed by atoms with Crippen LogP contribution < -0.4 is 10.0 Å². The maximum Gasteiger partial charge on any atom is 0.215 e. The van der Waals surface area contributed by atoms with E-state index in [1.807, 2.05) is 20.8 Å². The van der Waals surface area contributed by atoms with Crippen LogP contribution >= 0.6 is 11.8 Å². The van der Waals surface area contributed by atoms with E-state index >= 15 is 0 Å². The van der Waals surface area contributed by atoms with Crippen molar-refractivity contribution in [2.24, 2.45) is 0 Å². The molecule has 0 aliphatic rings. The van der Waals surface area contributed by atoms with Gasteiger partial charge in [0.05, 0.1) is 5.25 Å². The molecule has 2 N–H and O–H groups in total. The molecule has 0 saturated carbocycles. The van der Waals surface area contributed by atoms with E-state index in [2.05, 4.69) is 17.0 Å². The van der Waals surface area contributed by atoms with Crippen molar-refractivity contribution in [1.29, 1.82) is 0 Å². The van der Waals surface area contributed by atoms with Crippen molar-refractivity contribution in [3.8, 4) is 0 Å². The summed E-state index contributed by atoms with van der Waals surface area (Å²) < 4.78 is 26.6. The lowest BCUT2D eigenvalue weighted by molar-refractivity contribution is 0.534. The van der Waals surface area contributed by atoms with E-state index in [0.717, 1.165) is 11.5 Å². The number of sulfonamides is 1. The molecular weight excluding hydrogens is 256 g/mol. The highest BCUT2D eigenvalue weighted by Crippen LogP contribution is 2.05. The van der Waals surface area contributed by atoms with E-state index < -0.39 is 15.3 Å². The fraction of sp³-hybridized carbons (Fsp3) is 1.00. The molecule has 4 nitrogen and oxygen atoms in total. The standard InChI is InChI=1S/C11H26N2O2S2/c1-6-16-8-10(4)13-17(14,15)11(5)7-12-9(2)3/h9-13H,6-8H2,1-5H3. The van der Waals surface area contributed by atoms with Gasteiger partial charge in [-0.05, 0) is 19.6 Å². The molecule has 0 saturated heterocycles. The molecule has 17 heavy (non-hydrogen) atoms. The molecule has 0 amide bonds. The van der Waals surface area contributed by atoms with Gasteiger partial charge in [-0.25, -0.2) is 13.1 Å². The highest BCUT2D eigenvalue weighted by Gasteiger charge is 2.22. The Bertz CT molecular complexity index is 292. The van der Waals surface area contributed by atoms with E-state index in [1.165, 1.54) is 0 Å². The second-order valence-electron chi connectivity index (χ2n) is 4.60. The molecule has 0 aromatic carbocycles. The molecule has 0 bridgehead atoms. The maximum absolute atomic E-state index is 12.0. The maximum atomic E-state index is 12.0. The minimum atomic E-state index is -3.21. The second kappa shape index (κ2) is 8.34. The third kappa shape index (κ3) is 8.02. The van der Waals surface area contributed by atoms with E-state index in [4.69, 9.17) is 0 Å². The first-order valence-corrected chi connectivity index (χ1v) is 8.82. The van der Waals surface area contributed by atoms with Gasteiger partial charge in [0.25, 0.3) is 0 Å². The fourth-order valence-electron chi connectivity index (χ4n) is 1.24. The van der Waals surface area contributed by atoms with E-state index in [1.54, 1.807) is 18.7 Å². The highest BCUT2D eigenvalue weighted by atomic mass is 32.2. The largest absolute Gasteiger partial charge is 0.313 e. The molecule has 0 heterocycles. The lowest BCUT2D eigenvalue weighted by Crippen LogP contribution is -2.44. The summed E-state index contributed by atoms with van der Waals surface area (Å²) in [6.07, 6.45) is 0. The van der Waals surface area contributed by atoms with Crippen LogP contribution in [-0.4, -0.2) is 43.8 Å². The van der Waals surface area contributed by atoms with Gasteiger partial charge in [-0.1, -0.05) is 20.8 Å². The van der Waals surface area contributed by atoms with E-state index in [-0.39, 0.29) is 6.04 Å². The lowest BCUT2D eigenvalue weighted by atomic mass is 10.3. The van der Waals surface area contributed by atoms with Gasteiger partial charge in [-0.3, -0.25) is 0 Å². The van der Waals surface area contributed by atoms with Gasteiger partial charge in [0, 0.05) is 24.4 Å². The van der Waals surface area contributed by atoms with Crippen LogP contribution in [0, 0.1) is 0 Å².